The molecule has 0 amide bonds. The number of carbonyl (C=O) groups excluding carboxylic acids is 1. The van der Waals surface area contributed by atoms with E-state index in [0.717, 1.165) is 5.75 Å². The standard InChI is InChI=1S/C12H20O2S/c1-3-4-7-15-9-10(2)12-8-11(13)5-6-14-12/h5-6,10,12H,3-4,7-9H2,1-2H3/t10-,12-/m0/s1. The van der Waals surface area contributed by atoms with Crippen LogP contribution >= 0.6 is 11.8 Å². The van der Waals surface area contributed by atoms with Crippen molar-refractivity contribution in [3.8, 4) is 0 Å². The Kier molecular flexibility index (Phi) is 5.84. The number of unbranched alkanes of at least 4 members (excludes halogenated alkanes) is 1. The number of allylic oxidation sites excluding steroid dienone is 1. The Morgan fingerprint density at radius 1 is 1.67 bits per heavy atom. The normalized spacial score (nSPS) is 22.5. The number of ether oxygens (including phenoxy) is 1. The Bertz CT molecular complexity index is 226. The van der Waals surface area contributed by atoms with Crippen LogP contribution in [0, 0.1) is 5.92 Å². The zero-order valence-electron chi connectivity index (χ0n) is 9.57. The third kappa shape index (κ3) is 4.74. The summed E-state index contributed by atoms with van der Waals surface area (Å²) in [6.45, 7) is 4.37. The Labute approximate surface area is 96.5 Å². The van der Waals surface area contributed by atoms with E-state index in [-0.39, 0.29) is 11.9 Å². The van der Waals surface area contributed by atoms with Gasteiger partial charge in [-0.2, -0.15) is 11.8 Å². The highest BCUT2D eigenvalue weighted by Crippen LogP contribution is 2.21. The zero-order valence-corrected chi connectivity index (χ0v) is 10.4. The highest BCUT2D eigenvalue weighted by molar-refractivity contribution is 7.99. The van der Waals surface area contributed by atoms with Gasteiger partial charge in [-0.05, 0) is 17.9 Å². The lowest BCUT2D eigenvalue weighted by Gasteiger charge is -2.24. The lowest BCUT2D eigenvalue weighted by molar-refractivity contribution is -0.118. The van der Waals surface area contributed by atoms with Gasteiger partial charge in [-0.3, -0.25) is 4.79 Å². The summed E-state index contributed by atoms with van der Waals surface area (Å²) in [6, 6.07) is 0. The maximum Gasteiger partial charge on any atom is 0.162 e. The van der Waals surface area contributed by atoms with Crippen LogP contribution < -0.4 is 0 Å². The van der Waals surface area contributed by atoms with E-state index >= 15 is 0 Å². The van der Waals surface area contributed by atoms with E-state index in [1.165, 1.54) is 24.7 Å². The molecule has 1 aliphatic rings. The number of hydrogen-bond donors (Lipinski definition) is 0. The minimum absolute atomic E-state index is 0.0941. The van der Waals surface area contributed by atoms with Crippen LogP contribution in [0.5, 0.6) is 0 Å². The molecule has 0 radical (unpaired) electrons. The largest absolute Gasteiger partial charge is 0.497 e. The Hall–Kier alpha value is -0.440. The molecule has 15 heavy (non-hydrogen) atoms. The maximum absolute atomic E-state index is 11.2. The number of ketones is 1. The quantitative estimate of drug-likeness (QED) is 0.654. The van der Waals surface area contributed by atoms with Gasteiger partial charge >= 0.3 is 0 Å². The average molecular weight is 228 g/mol. The van der Waals surface area contributed by atoms with Crippen LogP contribution in [-0.4, -0.2) is 23.4 Å². The third-order valence-electron chi connectivity index (χ3n) is 2.57. The second-order valence-electron chi connectivity index (χ2n) is 4.05. The summed E-state index contributed by atoms with van der Waals surface area (Å²) in [7, 11) is 0. The molecule has 2 nitrogen and oxygen atoms in total. The first-order chi connectivity index (χ1) is 7.24. The molecule has 1 rings (SSSR count). The average Bonchev–Trinajstić information content (AvgIpc) is 2.24. The van der Waals surface area contributed by atoms with Crippen LogP contribution in [0.2, 0.25) is 0 Å². The smallest absolute Gasteiger partial charge is 0.162 e. The Morgan fingerprint density at radius 3 is 3.13 bits per heavy atom. The van der Waals surface area contributed by atoms with Crippen molar-refractivity contribution < 1.29 is 9.53 Å². The highest BCUT2D eigenvalue weighted by atomic mass is 32.2. The molecule has 0 unspecified atom stereocenters. The molecule has 0 spiro atoms. The number of rotatable bonds is 6. The molecule has 0 saturated carbocycles. The highest BCUT2D eigenvalue weighted by Gasteiger charge is 2.22. The molecule has 0 saturated heterocycles. The fraction of sp³-hybridized carbons (Fsp3) is 0.750. The molecule has 0 N–H and O–H groups in total. The van der Waals surface area contributed by atoms with Crippen molar-refractivity contribution in [2.24, 2.45) is 5.92 Å². The maximum atomic E-state index is 11.2. The third-order valence-corrected chi connectivity index (χ3v) is 3.91. The first kappa shape index (κ1) is 12.6. The lowest BCUT2D eigenvalue weighted by atomic mass is 10.0. The predicted molar refractivity (Wildman–Crippen MR) is 65.0 cm³/mol. The molecule has 0 fully saturated rings. The Morgan fingerprint density at radius 2 is 2.47 bits per heavy atom. The minimum atomic E-state index is 0.0941. The summed E-state index contributed by atoms with van der Waals surface area (Å²) in [5.41, 5.74) is 0. The van der Waals surface area contributed by atoms with E-state index in [2.05, 4.69) is 13.8 Å². The first-order valence-corrected chi connectivity index (χ1v) is 6.82. The first-order valence-electron chi connectivity index (χ1n) is 5.66. The van der Waals surface area contributed by atoms with E-state index in [4.69, 9.17) is 4.74 Å². The van der Waals surface area contributed by atoms with Crippen molar-refractivity contribution in [2.45, 2.75) is 39.2 Å². The van der Waals surface area contributed by atoms with Crippen molar-refractivity contribution in [2.75, 3.05) is 11.5 Å². The predicted octanol–water partition coefficient (Wildman–Crippen LogP) is 3.03. The van der Waals surface area contributed by atoms with Crippen molar-refractivity contribution in [1.29, 1.82) is 0 Å². The molecule has 3 heteroatoms. The summed E-state index contributed by atoms with van der Waals surface area (Å²) in [4.78, 5) is 11.2. The van der Waals surface area contributed by atoms with E-state index in [0.29, 0.717) is 12.3 Å². The van der Waals surface area contributed by atoms with Gasteiger partial charge in [0.25, 0.3) is 0 Å². The van der Waals surface area contributed by atoms with Gasteiger partial charge in [0.05, 0.1) is 6.26 Å². The molecular weight excluding hydrogens is 208 g/mol. The molecule has 86 valence electrons. The van der Waals surface area contributed by atoms with Gasteiger partial charge in [-0.25, -0.2) is 0 Å². The van der Waals surface area contributed by atoms with Crippen molar-refractivity contribution in [3.05, 3.63) is 12.3 Å². The van der Waals surface area contributed by atoms with Gasteiger partial charge in [0, 0.05) is 18.4 Å². The van der Waals surface area contributed by atoms with Crippen LogP contribution in [0.1, 0.15) is 33.1 Å². The lowest BCUT2D eigenvalue weighted by Crippen LogP contribution is -2.27. The van der Waals surface area contributed by atoms with E-state index < -0.39 is 0 Å². The SMILES string of the molecule is CCCCSC[C@H](C)[C@@H]1CC(=O)C=CO1. The summed E-state index contributed by atoms with van der Waals surface area (Å²) in [6.07, 6.45) is 6.24. The van der Waals surface area contributed by atoms with Crippen LogP contribution in [0.15, 0.2) is 12.3 Å². The molecule has 0 aromatic rings. The van der Waals surface area contributed by atoms with Crippen molar-refractivity contribution in [3.63, 3.8) is 0 Å². The monoisotopic (exact) mass is 228 g/mol. The fourth-order valence-electron chi connectivity index (χ4n) is 1.49. The summed E-state index contributed by atoms with van der Waals surface area (Å²) in [5, 5.41) is 0. The molecule has 1 aliphatic heterocycles. The Balaban J connectivity index is 2.19. The fourth-order valence-corrected chi connectivity index (χ4v) is 2.73. The second-order valence-corrected chi connectivity index (χ2v) is 5.20. The topological polar surface area (TPSA) is 26.3 Å². The summed E-state index contributed by atoms with van der Waals surface area (Å²) >= 11 is 1.97. The van der Waals surface area contributed by atoms with Gasteiger partial charge in [-0.1, -0.05) is 20.3 Å². The molecule has 2 atom stereocenters. The molecule has 1 heterocycles. The molecule has 0 bridgehead atoms. The van der Waals surface area contributed by atoms with E-state index in [1.54, 1.807) is 6.26 Å². The van der Waals surface area contributed by atoms with Gasteiger partial charge in [0.2, 0.25) is 0 Å². The zero-order chi connectivity index (χ0) is 11.1. The van der Waals surface area contributed by atoms with Crippen LogP contribution in [-0.2, 0) is 9.53 Å². The van der Waals surface area contributed by atoms with Crippen LogP contribution in [0.25, 0.3) is 0 Å². The summed E-state index contributed by atoms with van der Waals surface area (Å²) in [5.74, 6) is 2.96. The molecule has 0 aliphatic carbocycles. The number of hydrogen-bond acceptors (Lipinski definition) is 3. The van der Waals surface area contributed by atoms with Crippen molar-refractivity contribution in [1.82, 2.24) is 0 Å². The number of thioether (sulfide) groups is 1. The van der Waals surface area contributed by atoms with E-state index in [1.807, 2.05) is 11.8 Å². The molecule has 0 aromatic heterocycles. The van der Waals surface area contributed by atoms with Gasteiger partial charge in [-0.15, -0.1) is 0 Å². The molecular formula is C12H20O2S. The second kappa shape index (κ2) is 6.94. The van der Waals surface area contributed by atoms with Gasteiger partial charge in [0.1, 0.15) is 6.10 Å². The molecule has 0 aromatic carbocycles. The van der Waals surface area contributed by atoms with E-state index in [9.17, 15) is 4.79 Å². The van der Waals surface area contributed by atoms with Gasteiger partial charge in [0.15, 0.2) is 5.78 Å². The van der Waals surface area contributed by atoms with Crippen LogP contribution in [0.3, 0.4) is 0 Å². The van der Waals surface area contributed by atoms with Crippen molar-refractivity contribution >= 4 is 17.5 Å². The van der Waals surface area contributed by atoms with Gasteiger partial charge < -0.3 is 4.74 Å². The minimum Gasteiger partial charge on any atom is -0.497 e. The summed E-state index contributed by atoms with van der Waals surface area (Å²) < 4.78 is 5.45. The number of carbonyl (C=O) groups is 1. The van der Waals surface area contributed by atoms with Crippen LogP contribution in [0.4, 0.5) is 0 Å².